The second kappa shape index (κ2) is 9.20. The van der Waals surface area contributed by atoms with Crippen LogP contribution in [0.15, 0.2) is 24.3 Å². The van der Waals surface area contributed by atoms with Crippen LogP contribution in [0, 0.1) is 6.92 Å². The average molecular weight is 280 g/mol. The first kappa shape index (κ1) is 16.3. The number of rotatable bonds is 8. The lowest BCUT2D eigenvalue weighted by atomic mass is 10.2. The lowest BCUT2D eigenvalue weighted by Crippen LogP contribution is -2.43. The van der Waals surface area contributed by atoms with E-state index in [2.05, 4.69) is 10.6 Å². The number of aryl methyl sites for hydroxylation is 1. The summed E-state index contributed by atoms with van der Waals surface area (Å²) < 4.78 is 5.51. The SMILES string of the molecule is CCC(CCO)NC(=O)NCCOc1ccc(C)cc1. The third-order valence-corrected chi connectivity index (χ3v) is 2.98. The van der Waals surface area contributed by atoms with E-state index in [0.717, 1.165) is 12.2 Å². The van der Waals surface area contributed by atoms with Crippen molar-refractivity contribution in [2.75, 3.05) is 19.8 Å². The minimum absolute atomic E-state index is 0.0121. The molecule has 0 aromatic heterocycles. The number of hydrogen-bond acceptors (Lipinski definition) is 3. The Labute approximate surface area is 120 Å². The van der Waals surface area contributed by atoms with Crippen LogP contribution in [0.1, 0.15) is 25.3 Å². The highest BCUT2D eigenvalue weighted by atomic mass is 16.5. The molecule has 1 unspecified atom stereocenters. The number of amides is 2. The van der Waals surface area contributed by atoms with Gasteiger partial charge in [0.25, 0.3) is 0 Å². The first-order chi connectivity index (χ1) is 9.65. The third-order valence-electron chi connectivity index (χ3n) is 2.98. The zero-order valence-electron chi connectivity index (χ0n) is 12.2. The molecule has 1 atom stereocenters. The molecule has 5 heteroatoms. The minimum atomic E-state index is -0.224. The van der Waals surface area contributed by atoms with E-state index in [4.69, 9.17) is 9.84 Å². The van der Waals surface area contributed by atoms with Gasteiger partial charge in [-0.05, 0) is 31.9 Å². The van der Waals surface area contributed by atoms with Crippen molar-refractivity contribution in [1.29, 1.82) is 0 Å². The number of aliphatic hydroxyl groups is 1. The molecular formula is C15H24N2O3. The summed E-state index contributed by atoms with van der Waals surface area (Å²) in [6.45, 7) is 4.94. The molecule has 0 saturated heterocycles. The molecule has 112 valence electrons. The predicted molar refractivity (Wildman–Crippen MR) is 79.0 cm³/mol. The number of carbonyl (C=O) groups excluding carboxylic acids is 1. The van der Waals surface area contributed by atoms with Crippen molar-refractivity contribution >= 4 is 6.03 Å². The smallest absolute Gasteiger partial charge is 0.315 e. The van der Waals surface area contributed by atoms with Gasteiger partial charge in [0.15, 0.2) is 0 Å². The summed E-state index contributed by atoms with van der Waals surface area (Å²) in [4.78, 5) is 11.6. The molecule has 0 spiro atoms. The lowest BCUT2D eigenvalue weighted by molar-refractivity contribution is 0.224. The van der Waals surface area contributed by atoms with Crippen molar-refractivity contribution in [3.63, 3.8) is 0 Å². The highest BCUT2D eigenvalue weighted by Gasteiger charge is 2.08. The van der Waals surface area contributed by atoms with Gasteiger partial charge in [0, 0.05) is 12.6 Å². The van der Waals surface area contributed by atoms with Gasteiger partial charge in [-0.15, -0.1) is 0 Å². The van der Waals surface area contributed by atoms with Crippen molar-refractivity contribution in [2.45, 2.75) is 32.7 Å². The van der Waals surface area contributed by atoms with Gasteiger partial charge in [-0.25, -0.2) is 4.79 Å². The number of hydrogen-bond donors (Lipinski definition) is 3. The zero-order chi connectivity index (χ0) is 14.8. The molecule has 3 N–H and O–H groups in total. The topological polar surface area (TPSA) is 70.6 Å². The van der Waals surface area contributed by atoms with E-state index in [-0.39, 0.29) is 18.7 Å². The fourth-order valence-corrected chi connectivity index (χ4v) is 1.74. The Morgan fingerprint density at radius 1 is 1.35 bits per heavy atom. The van der Waals surface area contributed by atoms with Crippen LogP contribution in [0.2, 0.25) is 0 Å². The van der Waals surface area contributed by atoms with Crippen LogP contribution in [0.25, 0.3) is 0 Å². The number of nitrogens with one attached hydrogen (secondary N) is 2. The molecule has 0 radical (unpaired) electrons. The molecule has 1 rings (SSSR count). The number of benzene rings is 1. The van der Waals surface area contributed by atoms with Crippen molar-refractivity contribution in [2.24, 2.45) is 0 Å². The Kier molecular flexibility index (Phi) is 7.50. The molecule has 0 aliphatic heterocycles. The first-order valence-corrected chi connectivity index (χ1v) is 7.00. The second-order valence-corrected chi connectivity index (χ2v) is 4.68. The molecule has 1 aromatic rings. The van der Waals surface area contributed by atoms with Crippen LogP contribution in [0.3, 0.4) is 0 Å². The van der Waals surface area contributed by atoms with Crippen LogP contribution in [0.5, 0.6) is 5.75 Å². The van der Waals surface area contributed by atoms with E-state index in [9.17, 15) is 4.79 Å². The zero-order valence-corrected chi connectivity index (χ0v) is 12.2. The molecule has 1 aromatic carbocycles. The second-order valence-electron chi connectivity index (χ2n) is 4.68. The number of carbonyl (C=O) groups is 1. The van der Waals surface area contributed by atoms with Gasteiger partial charge in [-0.2, -0.15) is 0 Å². The molecule has 0 aliphatic rings. The minimum Gasteiger partial charge on any atom is -0.492 e. The maximum atomic E-state index is 11.6. The van der Waals surface area contributed by atoms with Crippen molar-refractivity contribution in [3.8, 4) is 5.75 Å². The van der Waals surface area contributed by atoms with E-state index in [1.807, 2.05) is 38.1 Å². The summed E-state index contributed by atoms with van der Waals surface area (Å²) in [5.41, 5.74) is 1.18. The van der Waals surface area contributed by atoms with Crippen LogP contribution in [0.4, 0.5) is 4.79 Å². The number of ether oxygens (including phenoxy) is 1. The quantitative estimate of drug-likeness (QED) is 0.636. The summed E-state index contributed by atoms with van der Waals surface area (Å²) in [6.07, 6.45) is 1.37. The first-order valence-electron chi connectivity index (χ1n) is 7.00. The fourth-order valence-electron chi connectivity index (χ4n) is 1.74. The molecule has 0 bridgehead atoms. The number of urea groups is 1. The standard InChI is InChI=1S/C15H24N2O3/c1-3-13(8-10-18)17-15(19)16-9-11-20-14-6-4-12(2)5-7-14/h4-7,13,18H,3,8-11H2,1-2H3,(H2,16,17,19). The molecule has 0 fully saturated rings. The Morgan fingerprint density at radius 2 is 2.05 bits per heavy atom. The largest absolute Gasteiger partial charge is 0.492 e. The Hall–Kier alpha value is -1.75. The average Bonchev–Trinajstić information content (AvgIpc) is 2.45. The molecule has 5 nitrogen and oxygen atoms in total. The van der Waals surface area contributed by atoms with Gasteiger partial charge in [0.2, 0.25) is 0 Å². The van der Waals surface area contributed by atoms with E-state index >= 15 is 0 Å². The van der Waals surface area contributed by atoms with Gasteiger partial charge >= 0.3 is 6.03 Å². The molecule has 20 heavy (non-hydrogen) atoms. The monoisotopic (exact) mass is 280 g/mol. The Morgan fingerprint density at radius 3 is 2.65 bits per heavy atom. The van der Waals surface area contributed by atoms with Crippen LogP contribution in [-0.2, 0) is 0 Å². The predicted octanol–water partition coefficient (Wildman–Crippen LogP) is 1.83. The highest BCUT2D eigenvalue weighted by molar-refractivity contribution is 5.74. The molecule has 2 amide bonds. The molecular weight excluding hydrogens is 256 g/mol. The molecule has 0 saturated carbocycles. The molecule has 0 aliphatic carbocycles. The third kappa shape index (κ3) is 6.43. The van der Waals surface area contributed by atoms with Gasteiger partial charge in [-0.3, -0.25) is 0 Å². The van der Waals surface area contributed by atoms with E-state index in [0.29, 0.717) is 19.6 Å². The summed E-state index contributed by atoms with van der Waals surface area (Å²) in [5, 5.41) is 14.4. The highest BCUT2D eigenvalue weighted by Crippen LogP contribution is 2.10. The van der Waals surface area contributed by atoms with Crippen molar-refractivity contribution < 1.29 is 14.6 Å². The summed E-state index contributed by atoms with van der Waals surface area (Å²) in [6, 6.07) is 7.57. The maximum absolute atomic E-state index is 11.6. The molecule has 0 heterocycles. The van der Waals surface area contributed by atoms with Crippen LogP contribution in [-0.4, -0.2) is 36.9 Å². The van der Waals surface area contributed by atoms with Crippen molar-refractivity contribution in [3.05, 3.63) is 29.8 Å². The van der Waals surface area contributed by atoms with E-state index < -0.39 is 0 Å². The number of aliphatic hydroxyl groups excluding tert-OH is 1. The van der Waals surface area contributed by atoms with Crippen molar-refractivity contribution in [1.82, 2.24) is 10.6 Å². The fraction of sp³-hybridized carbons (Fsp3) is 0.533. The van der Waals surface area contributed by atoms with E-state index in [1.165, 1.54) is 5.56 Å². The van der Waals surface area contributed by atoms with Crippen LogP contribution >= 0.6 is 0 Å². The maximum Gasteiger partial charge on any atom is 0.315 e. The summed E-state index contributed by atoms with van der Waals surface area (Å²) in [7, 11) is 0. The van der Waals surface area contributed by atoms with Gasteiger partial charge in [-0.1, -0.05) is 24.6 Å². The summed E-state index contributed by atoms with van der Waals surface area (Å²) >= 11 is 0. The van der Waals surface area contributed by atoms with Crippen LogP contribution < -0.4 is 15.4 Å². The Balaban J connectivity index is 2.17. The lowest BCUT2D eigenvalue weighted by Gasteiger charge is -2.16. The van der Waals surface area contributed by atoms with Gasteiger partial charge in [0.1, 0.15) is 12.4 Å². The Bertz CT molecular complexity index is 393. The summed E-state index contributed by atoms with van der Waals surface area (Å²) in [5.74, 6) is 0.796. The van der Waals surface area contributed by atoms with E-state index in [1.54, 1.807) is 0 Å². The van der Waals surface area contributed by atoms with Gasteiger partial charge < -0.3 is 20.5 Å². The van der Waals surface area contributed by atoms with Gasteiger partial charge in [0.05, 0.1) is 6.54 Å². The normalized spacial score (nSPS) is 11.8.